The number of nitrogens with one attached hydrogen (secondary N) is 1. The van der Waals surface area contributed by atoms with E-state index < -0.39 is 0 Å². The van der Waals surface area contributed by atoms with Crippen LogP contribution in [0.25, 0.3) is 10.8 Å². The van der Waals surface area contributed by atoms with E-state index >= 15 is 0 Å². The first-order chi connectivity index (χ1) is 12.5. The summed E-state index contributed by atoms with van der Waals surface area (Å²) in [4.78, 5) is 24.8. The molecule has 0 saturated carbocycles. The Bertz CT molecular complexity index is 996. The summed E-state index contributed by atoms with van der Waals surface area (Å²) in [5, 5.41) is 9.27. The Morgan fingerprint density at radius 3 is 2.46 bits per heavy atom. The van der Waals surface area contributed by atoms with Gasteiger partial charge in [0.1, 0.15) is 0 Å². The summed E-state index contributed by atoms with van der Waals surface area (Å²) in [6.07, 6.45) is 0.869. The highest BCUT2D eigenvalue weighted by molar-refractivity contribution is 6.30. The van der Waals surface area contributed by atoms with Crippen molar-refractivity contribution in [2.45, 2.75) is 25.8 Å². The predicted octanol–water partition coefficient (Wildman–Crippen LogP) is 3.40. The van der Waals surface area contributed by atoms with Crippen LogP contribution in [-0.4, -0.2) is 15.7 Å². The minimum atomic E-state index is -0.169. The SMILES string of the molecule is CC[C@@H](NC(=O)Cc1nn(C)c(=O)c2ccccc12)c1ccc(Cl)cc1. The van der Waals surface area contributed by atoms with Crippen LogP contribution in [0.1, 0.15) is 30.6 Å². The highest BCUT2D eigenvalue weighted by Gasteiger charge is 2.16. The van der Waals surface area contributed by atoms with Crippen molar-refractivity contribution in [1.82, 2.24) is 15.1 Å². The molecule has 3 aromatic rings. The number of rotatable bonds is 5. The second-order valence-electron chi connectivity index (χ2n) is 6.18. The van der Waals surface area contributed by atoms with Gasteiger partial charge in [0.05, 0.1) is 23.5 Å². The topological polar surface area (TPSA) is 64.0 Å². The van der Waals surface area contributed by atoms with Crippen molar-refractivity contribution < 1.29 is 4.79 Å². The van der Waals surface area contributed by atoms with Crippen molar-refractivity contribution >= 4 is 28.3 Å². The average molecular weight is 370 g/mol. The number of fused-ring (bicyclic) bond motifs is 1. The maximum absolute atomic E-state index is 12.6. The van der Waals surface area contributed by atoms with E-state index in [1.807, 2.05) is 43.3 Å². The molecule has 0 aliphatic carbocycles. The molecule has 1 heterocycles. The number of halogens is 1. The Morgan fingerprint density at radius 1 is 1.15 bits per heavy atom. The van der Waals surface area contributed by atoms with Crippen LogP contribution in [0, 0.1) is 0 Å². The van der Waals surface area contributed by atoms with Gasteiger partial charge in [-0.15, -0.1) is 0 Å². The summed E-state index contributed by atoms with van der Waals surface area (Å²) in [7, 11) is 1.60. The number of aromatic nitrogens is 2. The molecular formula is C20H20ClN3O2. The fourth-order valence-corrected chi connectivity index (χ4v) is 3.15. The number of carbonyl (C=O) groups excluding carboxylic acids is 1. The van der Waals surface area contributed by atoms with Gasteiger partial charge in [-0.1, -0.05) is 48.9 Å². The second-order valence-corrected chi connectivity index (χ2v) is 6.61. The number of carbonyl (C=O) groups is 1. The van der Waals surface area contributed by atoms with Gasteiger partial charge in [0.25, 0.3) is 5.56 Å². The van der Waals surface area contributed by atoms with Crippen LogP contribution in [0.4, 0.5) is 0 Å². The molecule has 6 heteroatoms. The standard InChI is InChI=1S/C20H20ClN3O2/c1-3-17(13-8-10-14(21)11-9-13)22-19(25)12-18-15-6-4-5-7-16(15)20(26)24(2)23-18/h4-11,17H,3,12H2,1-2H3,(H,22,25)/t17-/m1/s1. The summed E-state index contributed by atoms with van der Waals surface area (Å²) < 4.78 is 1.28. The Hall–Kier alpha value is -2.66. The zero-order valence-corrected chi connectivity index (χ0v) is 15.5. The van der Waals surface area contributed by atoms with E-state index in [-0.39, 0.29) is 23.9 Å². The van der Waals surface area contributed by atoms with Crippen LogP contribution in [0.5, 0.6) is 0 Å². The number of hydrogen-bond acceptors (Lipinski definition) is 3. The van der Waals surface area contributed by atoms with Crippen molar-refractivity contribution in [1.29, 1.82) is 0 Å². The molecular weight excluding hydrogens is 350 g/mol. The van der Waals surface area contributed by atoms with E-state index in [4.69, 9.17) is 11.6 Å². The maximum atomic E-state index is 12.6. The summed E-state index contributed by atoms with van der Waals surface area (Å²) >= 11 is 5.93. The van der Waals surface area contributed by atoms with Crippen LogP contribution in [0.2, 0.25) is 5.02 Å². The van der Waals surface area contributed by atoms with E-state index in [0.717, 1.165) is 12.0 Å². The molecule has 0 fully saturated rings. The minimum Gasteiger partial charge on any atom is -0.349 e. The van der Waals surface area contributed by atoms with Crippen molar-refractivity contribution in [3.05, 3.63) is 75.2 Å². The number of benzene rings is 2. The Labute approximate surface area is 156 Å². The first-order valence-electron chi connectivity index (χ1n) is 8.49. The van der Waals surface area contributed by atoms with Crippen LogP contribution in [0.15, 0.2) is 53.3 Å². The molecule has 1 N–H and O–H groups in total. The highest BCUT2D eigenvalue weighted by atomic mass is 35.5. The van der Waals surface area contributed by atoms with Gasteiger partial charge in [-0.25, -0.2) is 4.68 Å². The summed E-state index contributed by atoms with van der Waals surface area (Å²) in [6.45, 7) is 2.01. The zero-order chi connectivity index (χ0) is 18.7. The van der Waals surface area contributed by atoms with E-state index in [0.29, 0.717) is 21.5 Å². The molecule has 0 spiro atoms. The van der Waals surface area contributed by atoms with Gasteiger partial charge >= 0.3 is 0 Å². The molecule has 0 radical (unpaired) electrons. The minimum absolute atomic E-state index is 0.0986. The molecule has 3 rings (SSSR count). The monoisotopic (exact) mass is 369 g/mol. The summed E-state index contributed by atoms with van der Waals surface area (Å²) in [5.74, 6) is -0.136. The highest BCUT2D eigenvalue weighted by Crippen LogP contribution is 2.20. The predicted molar refractivity (Wildman–Crippen MR) is 103 cm³/mol. The third-order valence-electron chi connectivity index (χ3n) is 4.38. The number of aryl methyl sites for hydroxylation is 1. The Morgan fingerprint density at radius 2 is 1.81 bits per heavy atom. The second kappa shape index (κ2) is 7.70. The third-order valence-corrected chi connectivity index (χ3v) is 4.63. The van der Waals surface area contributed by atoms with Crippen molar-refractivity contribution in [2.75, 3.05) is 0 Å². The fourth-order valence-electron chi connectivity index (χ4n) is 3.02. The van der Waals surface area contributed by atoms with E-state index in [2.05, 4.69) is 10.4 Å². The van der Waals surface area contributed by atoms with Gasteiger partial charge in [-0.2, -0.15) is 5.10 Å². The number of nitrogens with zero attached hydrogens (tertiary/aromatic N) is 2. The molecule has 1 aromatic heterocycles. The largest absolute Gasteiger partial charge is 0.349 e. The lowest BCUT2D eigenvalue weighted by atomic mass is 10.0. The van der Waals surface area contributed by atoms with Crippen molar-refractivity contribution in [3.8, 4) is 0 Å². The molecule has 0 unspecified atom stereocenters. The van der Waals surface area contributed by atoms with Crippen LogP contribution in [0.3, 0.4) is 0 Å². The van der Waals surface area contributed by atoms with Gasteiger partial charge in [0.15, 0.2) is 0 Å². The average Bonchev–Trinajstić information content (AvgIpc) is 2.65. The van der Waals surface area contributed by atoms with Crippen LogP contribution in [-0.2, 0) is 18.3 Å². The van der Waals surface area contributed by atoms with Gasteiger partial charge in [-0.3, -0.25) is 9.59 Å². The Kier molecular flexibility index (Phi) is 5.38. The smallest absolute Gasteiger partial charge is 0.274 e. The number of hydrogen-bond donors (Lipinski definition) is 1. The van der Waals surface area contributed by atoms with Gasteiger partial charge in [0.2, 0.25) is 5.91 Å². The maximum Gasteiger partial charge on any atom is 0.274 e. The molecule has 1 amide bonds. The van der Waals surface area contributed by atoms with Crippen molar-refractivity contribution in [3.63, 3.8) is 0 Å². The molecule has 0 aliphatic heterocycles. The normalized spacial score (nSPS) is 12.1. The van der Waals surface area contributed by atoms with Crippen LogP contribution < -0.4 is 10.9 Å². The van der Waals surface area contributed by atoms with Crippen molar-refractivity contribution in [2.24, 2.45) is 7.05 Å². The first-order valence-corrected chi connectivity index (χ1v) is 8.87. The molecule has 0 aliphatic rings. The lowest BCUT2D eigenvalue weighted by Crippen LogP contribution is -2.31. The quantitative estimate of drug-likeness (QED) is 0.749. The molecule has 2 aromatic carbocycles. The lowest BCUT2D eigenvalue weighted by Gasteiger charge is -2.18. The number of amides is 1. The fraction of sp³-hybridized carbons (Fsp3) is 0.250. The summed E-state index contributed by atoms with van der Waals surface area (Å²) in [6, 6.07) is 14.6. The first kappa shape index (κ1) is 18.1. The van der Waals surface area contributed by atoms with Gasteiger partial charge in [0, 0.05) is 17.5 Å². The van der Waals surface area contributed by atoms with E-state index in [1.54, 1.807) is 19.2 Å². The molecule has 1 atom stereocenters. The van der Waals surface area contributed by atoms with Gasteiger partial charge < -0.3 is 5.32 Å². The van der Waals surface area contributed by atoms with Gasteiger partial charge in [-0.05, 0) is 30.2 Å². The molecule has 26 heavy (non-hydrogen) atoms. The lowest BCUT2D eigenvalue weighted by molar-refractivity contribution is -0.121. The molecule has 0 saturated heterocycles. The summed E-state index contributed by atoms with van der Waals surface area (Å²) in [5.41, 5.74) is 1.42. The Balaban J connectivity index is 1.84. The van der Waals surface area contributed by atoms with E-state index in [9.17, 15) is 9.59 Å². The molecule has 134 valence electrons. The van der Waals surface area contributed by atoms with E-state index in [1.165, 1.54) is 4.68 Å². The third kappa shape index (κ3) is 3.78. The molecule has 0 bridgehead atoms. The van der Waals surface area contributed by atoms with Crippen LogP contribution >= 0.6 is 11.6 Å². The molecule has 5 nitrogen and oxygen atoms in total. The zero-order valence-electron chi connectivity index (χ0n) is 14.7.